The highest BCUT2D eigenvalue weighted by atomic mass is 16.5. The Morgan fingerprint density at radius 3 is 2.83 bits per heavy atom. The van der Waals surface area contributed by atoms with Gasteiger partial charge in [-0.15, -0.1) is 0 Å². The molecular formula is C21H18N6O2. The topological polar surface area (TPSA) is 101 Å². The summed E-state index contributed by atoms with van der Waals surface area (Å²) in [5.74, 6) is 0.882. The van der Waals surface area contributed by atoms with Gasteiger partial charge in [-0.05, 0) is 42.7 Å². The summed E-state index contributed by atoms with van der Waals surface area (Å²) >= 11 is 0. The summed E-state index contributed by atoms with van der Waals surface area (Å²) in [6.45, 7) is 3.61. The van der Waals surface area contributed by atoms with Crippen molar-refractivity contribution in [2.75, 3.05) is 11.4 Å². The summed E-state index contributed by atoms with van der Waals surface area (Å²) in [4.78, 5) is 29.5. The fourth-order valence-corrected chi connectivity index (χ4v) is 3.71. The maximum absolute atomic E-state index is 11.3. The first-order valence-electron chi connectivity index (χ1n) is 9.34. The number of aromatic amines is 1. The van der Waals surface area contributed by atoms with Crippen LogP contribution in [0.15, 0.2) is 58.4 Å². The van der Waals surface area contributed by atoms with Crippen LogP contribution in [0.2, 0.25) is 0 Å². The number of nitrogens with zero attached hydrogens (tertiary/aromatic N) is 5. The second-order valence-corrected chi connectivity index (χ2v) is 6.96. The number of hydrogen-bond donors (Lipinski definition) is 1. The quantitative estimate of drug-likeness (QED) is 0.578. The Bertz CT molecular complexity index is 1210. The van der Waals surface area contributed by atoms with E-state index in [2.05, 4.69) is 30.0 Å². The van der Waals surface area contributed by atoms with Gasteiger partial charge in [0.1, 0.15) is 0 Å². The zero-order valence-electron chi connectivity index (χ0n) is 15.8. The average Bonchev–Trinajstić information content (AvgIpc) is 3.24. The van der Waals surface area contributed by atoms with E-state index in [1.165, 1.54) is 11.6 Å². The van der Waals surface area contributed by atoms with Crippen molar-refractivity contribution in [1.29, 1.82) is 0 Å². The van der Waals surface area contributed by atoms with Crippen LogP contribution in [0.5, 0.6) is 0 Å². The van der Waals surface area contributed by atoms with Crippen molar-refractivity contribution >= 4 is 5.69 Å². The van der Waals surface area contributed by atoms with Crippen molar-refractivity contribution < 1.29 is 4.52 Å². The van der Waals surface area contributed by atoms with Crippen LogP contribution < -0.4 is 10.5 Å². The molecule has 0 fully saturated rings. The molecule has 4 aromatic heterocycles. The van der Waals surface area contributed by atoms with E-state index in [0.717, 1.165) is 42.0 Å². The normalized spacial score (nSPS) is 13.3. The lowest BCUT2D eigenvalue weighted by molar-refractivity contribution is 0.432. The summed E-state index contributed by atoms with van der Waals surface area (Å²) in [6, 6.07) is 7.13. The van der Waals surface area contributed by atoms with Gasteiger partial charge in [-0.2, -0.15) is 4.98 Å². The van der Waals surface area contributed by atoms with Crippen molar-refractivity contribution in [3.8, 4) is 22.8 Å². The molecule has 5 rings (SSSR count). The largest absolute Gasteiger partial charge is 0.367 e. The molecule has 0 aromatic carbocycles. The molecule has 0 spiro atoms. The Kier molecular flexibility index (Phi) is 4.16. The molecule has 0 aliphatic carbocycles. The fourth-order valence-electron chi connectivity index (χ4n) is 3.71. The van der Waals surface area contributed by atoms with Crippen LogP contribution in [0.1, 0.15) is 16.8 Å². The van der Waals surface area contributed by atoms with Gasteiger partial charge in [0.25, 0.3) is 5.89 Å². The maximum atomic E-state index is 11.3. The predicted octanol–water partition coefficient (Wildman–Crippen LogP) is 2.75. The third kappa shape index (κ3) is 3.18. The summed E-state index contributed by atoms with van der Waals surface area (Å²) < 4.78 is 5.45. The van der Waals surface area contributed by atoms with E-state index in [0.29, 0.717) is 17.3 Å². The zero-order chi connectivity index (χ0) is 19.8. The first-order valence-corrected chi connectivity index (χ1v) is 9.34. The summed E-state index contributed by atoms with van der Waals surface area (Å²) in [7, 11) is 0. The van der Waals surface area contributed by atoms with Gasteiger partial charge in [0.05, 0.1) is 5.56 Å². The SMILES string of the molecule is Cc1ncc2c(c1-c1noc(-c3ccc(=O)[nH]c3)n1)CCN(c1ccncc1)C2. The van der Waals surface area contributed by atoms with Gasteiger partial charge in [0.15, 0.2) is 0 Å². The Morgan fingerprint density at radius 1 is 1.17 bits per heavy atom. The molecule has 1 aliphatic heterocycles. The monoisotopic (exact) mass is 386 g/mol. The molecule has 1 N–H and O–H groups in total. The highest BCUT2D eigenvalue weighted by Crippen LogP contribution is 2.33. The molecule has 0 saturated carbocycles. The minimum absolute atomic E-state index is 0.176. The first kappa shape index (κ1) is 17.3. The third-order valence-electron chi connectivity index (χ3n) is 5.17. The van der Waals surface area contributed by atoms with Gasteiger partial charge in [-0.25, -0.2) is 0 Å². The van der Waals surface area contributed by atoms with Gasteiger partial charge in [0.2, 0.25) is 11.4 Å². The molecule has 0 atom stereocenters. The number of fused-ring (bicyclic) bond motifs is 1. The molecule has 8 heteroatoms. The van der Waals surface area contributed by atoms with E-state index < -0.39 is 0 Å². The standard InChI is InChI=1S/C21H18N6O2/c1-13-19(20-25-21(29-26-20)14-2-3-18(28)24-10-14)17-6-9-27(12-15(17)11-23-13)16-4-7-22-8-5-16/h2-5,7-8,10-11H,6,9,12H2,1H3,(H,24,28). The van der Waals surface area contributed by atoms with Gasteiger partial charge in [-0.3, -0.25) is 14.8 Å². The van der Waals surface area contributed by atoms with Gasteiger partial charge < -0.3 is 14.4 Å². The summed E-state index contributed by atoms with van der Waals surface area (Å²) in [6.07, 6.45) is 7.98. The number of pyridine rings is 3. The van der Waals surface area contributed by atoms with E-state index in [1.807, 2.05) is 25.3 Å². The molecule has 1 aliphatic rings. The molecular weight excluding hydrogens is 368 g/mol. The molecule has 0 amide bonds. The second kappa shape index (κ2) is 6.97. The van der Waals surface area contributed by atoms with Crippen LogP contribution in [0, 0.1) is 6.92 Å². The van der Waals surface area contributed by atoms with E-state index >= 15 is 0 Å². The maximum Gasteiger partial charge on any atom is 0.259 e. The van der Waals surface area contributed by atoms with Crippen LogP contribution in [-0.4, -0.2) is 31.6 Å². The number of aryl methyl sites for hydroxylation is 1. The number of aromatic nitrogens is 5. The summed E-state index contributed by atoms with van der Waals surface area (Å²) in [5.41, 5.74) is 5.80. The van der Waals surface area contributed by atoms with Crippen molar-refractivity contribution in [2.45, 2.75) is 19.9 Å². The van der Waals surface area contributed by atoms with Crippen molar-refractivity contribution in [1.82, 2.24) is 25.1 Å². The number of nitrogens with one attached hydrogen (secondary N) is 1. The average molecular weight is 386 g/mol. The van der Waals surface area contributed by atoms with Crippen LogP contribution >= 0.6 is 0 Å². The van der Waals surface area contributed by atoms with Gasteiger partial charge in [0, 0.05) is 60.9 Å². The molecule has 0 unspecified atom stereocenters. The Balaban J connectivity index is 1.51. The molecule has 5 heterocycles. The van der Waals surface area contributed by atoms with Gasteiger partial charge in [-0.1, -0.05) is 5.16 Å². The van der Waals surface area contributed by atoms with Crippen LogP contribution in [0.4, 0.5) is 5.69 Å². The number of hydrogen-bond acceptors (Lipinski definition) is 7. The smallest absolute Gasteiger partial charge is 0.259 e. The van der Waals surface area contributed by atoms with Crippen LogP contribution in [-0.2, 0) is 13.0 Å². The van der Waals surface area contributed by atoms with Gasteiger partial charge >= 0.3 is 0 Å². The third-order valence-corrected chi connectivity index (χ3v) is 5.17. The molecule has 0 saturated heterocycles. The molecule has 144 valence electrons. The Hall–Kier alpha value is -3.81. The Labute approximate surface area is 166 Å². The Morgan fingerprint density at radius 2 is 2.03 bits per heavy atom. The van der Waals surface area contributed by atoms with Crippen LogP contribution in [0.25, 0.3) is 22.8 Å². The highest BCUT2D eigenvalue weighted by molar-refractivity contribution is 5.67. The molecule has 29 heavy (non-hydrogen) atoms. The zero-order valence-corrected chi connectivity index (χ0v) is 15.8. The van der Waals surface area contributed by atoms with Crippen molar-refractivity contribution in [3.05, 3.63) is 76.2 Å². The first-order chi connectivity index (χ1) is 14.2. The van der Waals surface area contributed by atoms with Crippen molar-refractivity contribution in [2.24, 2.45) is 0 Å². The van der Waals surface area contributed by atoms with E-state index in [4.69, 9.17) is 4.52 Å². The predicted molar refractivity (Wildman–Crippen MR) is 107 cm³/mol. The molecule has 0 bridgehead atoms. The summed E-state index contributed by atoms with van der Waals surface area (Å²) in [5, 5.41) is 4.19. The second-order valence-electron chi connectivity index (χ2n) is 6.96. The number of anilines is 1. The van der Waals surface area contributed by atoms with Crippen molar-refractivity contribution in [3.63, 3.8) is 0 Å². The lowest BCUT2D eigenvalue weighted by Gasteiger charge is -2.31. The number of H-pyrrole nitrogens is 1. The van der Waals surface area contributed by atoms with Crippen LogP contribution in [0.3, 0.4) is 0 Å². The van der Waals surface area contributed by atoms with E-state index in [-0.39, 0.29) is 5.56 Å². The van der Waals surface area contributed by atoms with E-state index in [1.54, 1.807) is 24.7 Å². The molecule has 0 radical (unpaired) electrons. The fraction of sp³-hybridized carbons (Fsp3) is 0.190. The molecule has 4 aromatic rings. The minimum Gasteiger partial charge on any atom is -0.367 e. The highest BCUT2D eigenvalue weighted by Gasteiger charge is 2.24. The number of rotatable bonds is 3. The lowest BCUT2D eigenvalue weighted by Crippen LogP contribution is -2.31. The minimum atomic E-state index is -0.176. The van der Waals surface area contributed by atoms with E-state index in [9.17, 15) is 4.79 Å². The molecule has 8 nitrogen and oxygen atoms in total. The lowest BCUT2D eigenvalue weighted by atomic mass is 9.94.